The molecule has 3 rings (SSSR count). The zero-order chi connectivity index (χ0) is 18.7. The predicted molar refractivity (Wildman–Crippen MR) is 90.4 cm³/mol. The van der Waals surface area contributed by atoms with Crippen molar-refractivity contribution in [3.63, 3.8) is 0 Å². The van der Waals surface area contributed by atoms with Crippen molar-refractivity contribution in [2.75, 3.05) is 5.32 Å². The molecular formula is C18H16FN3O4. The topological polar surface area (TPSA) is 98.7 Å². The fourth-order valence-electron chi connectivity index (χ4n) is 2.66. The molecule has 0 aliphatic carbocycles. The average molecular weight is 357 g/mol. The smallest absolute Gasteiger partial charge is 0.303 e. The van der Waals surface area contributed by atoms with Gasteiger partial charge in [-0.05, 0) is 29.8 Å². The van der Waals surface area contributed by atoms with E-state index in [1.165, 1.54) is 24.3 Å². The number of halogens is 1. The number of carboxylic acid groups (broad SMARTS) is 1. The van der Waals surface area contributed by atoms with Gasteiger partial charge >= 0.3 is 5.97 Å². The minimum absolute atomic E-state index is 0.267. The van der Waals surface area contributed by atoms with Crippen molar-refractivity contribution in [2.45, 2.75) is 19.0 Å². The number of nitrogens with one attached hydrogen (secondary N) is 2. The van der Waals surface area contributed by atoms with Crippen LogP contribution in [0.2, 0.25) is 0 Å². The Morgan fingerprint density at radius 1 is 1.12 bits per heavy atom. The number of hydrogen-bond donors (Lipinski definition) is 3. The van der Waals surface area contributed by atoms with E-state index in [1.807, 2.05) is 0 Å². The molecule has 2 aromatic carbocycles. The van der Waals surface area contributed by atoms with E-state index in [0.717, 1.165) is 5.01 Å². The zero-order valence-electron chi connectivity index (χ0n) is 13.6. The van der Waals surface area contributed by atoms with Crippen molar-refractivity contribution in [2.24, 2.45) is 0 Å². The van der Waals surface area contributed by atoms with Crippen LogP contribution in [0.1, 0.15) is 34.9 Å². The number of hydrazine groups is 1. The minimum Gasteiger partial charge on any atom is -0.481 e. The summed E-state index contributed by atoms with van der Waals surface area (Å²) in [7, 11) is 0. The Kier molecular flexibility index (Phi) is 4.83. The molecule has 1 atom stereocenters. The molecule has 0 spiro atoms. The van der Waals surface area contributed by atoms with E-state index in [9.17, 15) is 18.8 Å². The lowest BCUT2D eigenvalue weighted by Gasteiger charge is -2.37. The van der Waals surface area contributed by atoms with Gasteiger partial charge in [0, 0.05) is 12.1 Å². The van der Waals surface area contributed by atoms with Gasteiger partial charge < -0.3 is 10.4 Å². The van der Waals surface area contributed by atoms with E-state index in [1.54, 1.807) is 24.3 Å². The van der Waals surface area contributed by atoms with E-state index in [2.05, 4.69) is 10.7 Å². The minimum atomic E-state index is -1.11. The summed E-state index contributed by atoms with van der Waals surface area (Å²) in [5.41, 5.74) is 3.97. The highest BCUT2D eigenvalue weighted by Crippen LogP contribution is 2.31. The number of anilines is 1. The van der Waals surface area contributed by atoms with Crippen molar-refractivity contribution in [3.05, 3.63) is 65.5 Å². The zero-order valence-corrected chi connectivity index (χ0v) is 13.6. The highest BCUT2D eigenvalue weighted by molar-refractivity contribution is 6.02. The number of carbonyl (C=O) groups is 3. The Labute approximate surface area is 148 Å². The number of nitrogens with zero attached hydrogens (tertiary/aromatic N) is 1. The van der Waals surface area contributed by atoms with Gasteiger partial charge in [-0.3, -0.25) is 19.8 Å². The Hall–Kier alpha value is -3.42. The number of carboxylic acids is 1. The number of para-hydroxylation sites is 1. The summed E-state index contributed by atoms with van der Waals surface area (Å²) in [4.78, 5) is 35.5. The molecule has 26 heavy (non-hydrogen) atoms. The molecule has 0 radical (unpaired) electrons. The molecule has 7 nitrogen and oxygen atoms in total. The molecule has 0 saturated carbocycles. The van der Waals surface area contributed by atoms with Gasteiger partial charge in [-0.25, -0.2) is 9.40 Å². The van der Waals surface area contributed by atoms with Crippen molar-refractivity contribution in [3.8, 4) is 0 Å². The molecular weight excluding hydrogens is 341 g/mol. The van der Waals surface area contributed by atoms with E-state index in [-0.39, 0.29) is 12.8 Å². The highest BCUT2D eigenvalue weighted by atomic mass is 19.1. The predicted octanol–water partition coefficient (Wildman–Crippen LogP) is 2.29. The third-order valence-electron chi connectivity index (χ3n) is 3.92. The van der Waals surface area contributed by atoms with Gasteiger partial charge in [0.15, 0.2) is 0 Å². The normalized spacial score (nSPS) is 15.8. The van der Waals surface area contributed by atoms with Crippen LogP contribution in [0, 0.1) is 5.82 Å². The summed E-state index contributed by atoms with van der Waals surface area (Å²) in [6.07, 6.45) is -1.37. The van der Waals surface area contributed by atoms with E-state index in [0.29, 0.717) is 16.8 Å². The first-order chi connectivity index (χ1) is 12.5. The van der Waals surface area contributed by atoms with Crippen molar-refractivity contribution in [1.82, 2.24) is 10.4 Å². The summed E-state index contributed by atoms with van der Waals surface area (Å²) < 4.78 is 13.2. The molecule has 3 N–H and O–H groups in total. The molecule has 1 aliphatic heterocycles. The number of aliphatic carboxylic acids is 1. The lowest BCUT2D eigenvalue weighted by molar-refractivity contribution is -0.139. The number of carbonyl (C=O) groups excluding carboxylic acids is 2. The maximum Gasteiger partial charge on any atom is 0.303 e. The van der Waals surface area contributed by atoms with E-state index < -0.39 is 29.8 Å². The van der Waals surface area contributed by atoms with Crippen LogP contribution in [0.4, 0.5) is 10.1 Å². The van der Waals surface area contributed by atoms with Crippen LogP contribution < -0.4 is 10.7 Å². The van der Waals surface area contributed by atoms with Gasteiger partial charge in [0.05, 0.1) is 12.0 Å². The Morgan fingerprint density at radius 2 is 1.81 bits per heavy atom. The van der Waals surface area contributed by atoms with Gasteiger partial charge in [-0.15, -0.1) is 0 Å². The fraction of sp³-hybridized carbons (Fsp3) is 0.167. The first kappa shape index (κ1) is 17.4. The van der Waals surface area contributed by atoms with Crippen molar-refractivity contribution >= 4 is 23.5 Å². The summed E-state index contributed by atoms with van der Waals surface area (Å²) in [5.74, 6) is -2.58. The number of amides is 2. The van der Waals surface area contributed by atoms with Gasteiger partial charge in [0.2, 0.25) is 5.91 Å². The fourth-order valence-corrected chi connectivity index (χ4v) is 2.66. The van der Waals surface area contributed by atoms with Crippen LogP contribution in [-0.2, 0) is 9.59 Å². The molecule has 2 aromatic rings. The third kappa shape index (κ3) is 3.64. The number of benzene rings is 2. The first-order valence-electron chi connectivity index (χ1n) is 7.91. The monoisotopic (exact) mass is 357 g/mol. The number of hydrogen-bond acceptors (Lipinski definition) is 4. The second-order valence-corrected chi connectivity index (χ2v) is 5.75. The summed E-state index contributed by atoms with van der Waals surface area (Å²) >= 11 is 0. The maximum absolute atomic E-state index is 13.2. The first-order valence-corrected chi connectivity index (χ1v) is 7.91. The summed E-state index contributed by atoms with van der Waals surface area (Å²) in [6.45, 7) is 0. The molecule has 0 bridgehead atoms. The molecule has 1 aliphatic rings. The third-order valence-corrected chi connectivity index (χ3v) is 3.92. The molecule has 0 saturated heterocycles. The SMILES string of the molecule is O=C(O)CCC(=O)NN1C(=O)c2ccccc2N[C@@H]1c1ccc(F)cc1. The second-order valence-electron chi connectivity index (χ2n) is 5.75. The molecule has 2 amide bonds. The van der Waals surface area contributed by atoms with E-state index >= 15 is 0 Å². The van der Waals surface area contributed by atoms with Crippen molar-refractivity contribution < 1.29 is 23.9 Å². The van der Waals surface area contributed by atoms with Gasteiger partial charge in [-0.2, -0.15) is 0 Å². The van der Waals surface area contributed by atoms with E-state index in [4.69, 9.17) is 5.11 Å². The van der Waals surface area contributed by atoms with Gasteiger partial charge in [0.25, 0.3) is 5.91 Å². The molecule has 0 fully saturated rings. The van der Waals surface area contributed by atoms with Crippen molar-refractivity contribution in [1.29, 1.82) is 0 Å². The van der Waals surface area contributed by atoms with Crippen LogP contribution in [0.5, 0.6) is 0 Å². The number of rotatable bonds is 5. The molecule has 0 aromatic heterocycles. The standard InChI is InChI=1S/C18H16FN3O4/c19-12-7-5-11(6-8-12)17-20-14-4-2-1-3-13(14)18(26)22(17)21-15(23)9-10-16(24)25/h1-8,17,20H,9-10H2,(H,21,23)(H,24,25)/t17-/m0/s1. The summed E-state index contributed by atoms with van der Waals surface area (Å²) in [5, 5.41) is 12.9. The maximum atomic E-state index is 13.2. The van der Waals surface area contributed by atoms with Crippen LogP contribution in [0.15, 0.2) is 48.5 Å². The second kappa shape index (κ2) is 7.22. The lowest BCUT2D eigenvalue weighted by atomic mass is 10.0. The summed E-state index contributed by atoms with van der Waals surface area (Å²) in [6, 6.07) is 12.3. The van der Waals surface area contributed by atoms with Crippen LogP contribution >= 0.6 is 0 Å². The largest absolute Gasteiger partial charge is 0.481 e. The Balaban J connectivity index is 1.91. The molecule has 1 heterocycles. The van der Waals surface area contributed by atoms with Gasteiger partial charge in [-0.1, -0.05) is 24.3 Å². The Bertz CT molecular complexity index is 854. The lowest BCUT2D eigenvalue weighted by Crippen LogP contribution is -2.52. The molecule has 0 unspecified atom stereocenters. The van der Waals surface area contributed by atoms with Crippen LogP contribution in [-0.4, -0.2) is 27.9 Å². The quantitative estimate of drug-likeness (QED) is 0.763. The molecule has 134 valence electrons. The van der Waals surface area contributed by atoms with Crippen LogP contribution in [0.3, 0.4) is 0 Å². The highest BCUT2D eigenvalue weighted by Gasteiger charge is 2.34. The number of fused-ring (bicyclic) bond motifs is 1. The Morgan fingerprint density at radius 3 is 2.50 bits per heavy atom. The molecule has 8 heteroatoms. The van der Waals surface area contributed by atoms with Gasteiger partial charge in [0.1, 0.15) is 12.0 Å². The van der Waals surface area contributed by atoms with Crippen LogP contribution in [0.25, 0.3) is 0 Å². The average Bonchev–Trinajstić information content (AvgIpc) is 2.63.